The molecule has 2 aromatic carbocycles. The highest BCUT2D eigenvalue weighted by molar-refractivity contribution is 7.89. The number of amides is 1. The summed E-state index contributed by atoms with van der Waals surface area (Å²) >= 11 is 0. The van der Waals surface area contributed by atoms with Crippen LogP contribution in [0.3, 0.4) is 0 Å². The molecule has 1 N–H and O–H groups in total. The fraction of sp³-hybridized carbons (Fsp3) is 0.458. The van der Waals surface area contributed by atoms with Gasteiger partial charge in [0.25, 0.3) is 0 Å². The van der Waals surface area contributed by atoms with Gasteiger partial charge in [-0.15, -0.1) is 0 Å². The Kier molecular flexibility index (Phi) is 7.42. The molecule has 1 unspecified atom stereocenters. The number of rotatable bonds is 7. The minimum absolute atomic E-state index is 0.160. The van der Waals surface area contributed by atoms with Gasteiger partial charge in [-0.2, -0.15) is 4.31 Å². The van der Waals surface area contributed by atoms with E-state index in [0.29, 0.717) is 50.0 Å². The first-order valence-corrected chi connectivity index (χ1v) is 12.7. The van der Waals surface area contributed by atoms with Crippen molar-refractivity contribution >= 4 is 21.6 Å². The number of benzene rings is 2. The number of carbonyl (C=O) groups is 1. The number of carbonyl (C=O) groups excluding carboxylic acids is 1. The second-order valence-electron chi connectivity index (χ2n) is 8.41. The van der Waals surface area contributed by atoms with Crippen LogP contribution in [0.2, 0.25) is 0 Å². The van der Waals surface area contributed by atoms with E-state index in [2.05, 4.69) is 10.2 Å². The Labute approximate surface area is 200 Å². The molecule has 1 atom stereocenters. The monoisotopic (exact) mass is 489 g/mol. The lowest BCUT2D eigenvalue weighted by Crippen LogP contribution is -2.44. The maximum Gasteiger partial charge on any atom is 0.243 e. The highest BCUT2D eigenvalue weighted by atomic mass is 32.2. The molecule has 0 aromatic heterocycles. The van der Waals surface area contributed by atoms with Gasteiger partial charge in [0.15, 0.2) is 11.5 Å². The van der Waals surface area contributed by atoms with Crippen molar-refractivity contribution in [2.45, 2.75) is 30.8 Å². The van der Waals surface area contributed by atoms with Crippen LogP contribution in [0.25, 0.3) is 0 Å². The molecule has 1 amide bonds. The summed E-state index contributed by atoms with van der Waals surface area (Å²) in [6.07, 6.45) is 0.792. The number of morpholine rings is 1. The van der Waals surface area contributed by atoms with Gasteiger partial charge in [-0.25, -0.2) is 8.42 Å². The summed E-state index contributed by atoms with van der Waals surface area (Å²) in [7, 11) is -0.414. The second kappa shape index (κ2) is 10.3. The van der Waals surface area contributed by atoms with E-state index >= 15 is 0 Å². The zero-order valence-electron chi connectivity index (χ0n) is 19.7. The normalized spacial score (nSPS) is 18.1. The molecular weight excluding hydrogens is 458 g/mol. The van der Waals surface area contributed by atoms with Crippen molar-refractivity contribution in [3.8, 4) is 11.5 Å². The molecule has 9 nitrogen and oxygen atoms in total. The van der Waals surface area contributed by atoms with Crippen molar-refractivity contribution in [1.29, 1.82) is 0 Å². The van der Waals surface area contributed by atoms with E-state index in [0.717, 1.165) is 18.5 Å². The van der Waals surface area contributed by atoms with E-state index in [-0.39, 0.29) is 10.8 Å². The van der Waals surface area contributed by atoms with Crippen molar-refractivity contribution in [1.82, 2.24) is 9.21 Å². The Morgan fingerprint density at radius 3 is 2.38 bits per heavy atom. The van der Waals surface area contributed by atoms with Gasteiger partial charge in [0.05, 0.1) is 38.4 Å². The number of sulfonamides is 1. The number of nitrogens with one attached hydrogen (secondary N) is 1. The van der Waals surface area contributed by atoms with Crippen LogP contribution >= 0.6 is 0 Å². The van der Waals surface area contributed by atoms with Gasteiger partial charge < -0.3 is 19.5 Å². The smallest absolute Gasteiger partial charge is 0.243 e. The molecule has 10 heteroatoms. The predicted molar refractivity (Wildman–Crippen MR) is 128 cm³/mol. The largest absolute Gasteiger partial charge is 0.493 e. The van der Waals surface area contributed by atoms with Crippen LogP contribution < -0.4 is 14.8 Å². The molecule has 2 heterocycles. The molecule has 0 saturated carbocycles. The van der Waals surface area contributed by atoms with Crippen LogP contribution in [0.15, 0.2) is 41.3 Å². The SMILES string of the molecule is COc1cc2c(cc1OC)CN(C(C)C(=O)Nc1cccc(S(=O)(=O)N3CCOCC3)c1)CC2. The number of methoxy groups -OCH3 is 2. The lowest BCUT2D eigenvalue weighted by Gasteiger charge is -2.33. The van der Waals surface area contributed by atoms with Crippen LogP contribution in [0, 0.1) is 0 Å². The maximum absolute atomic E-state index is 13.0. The molecule has 2 aliphatic heterocycles. The third-order valence-corrected chi connectivity index (χ3v) is 8.28. The standard InChI is InChI=1S/C24H31N3O6S/c1-17(26-8-7-18-13-22(31-2)23(32-3)14-19(18)16-26)24(28)25-20-5-4-6-21(15-20)34(29,30)27-9-11-33-12-10-27/h4-6,13-15,17H,7-12,16H2,1-3H3,(H,25,28). The lowest BCUT2D eigenvalue weighted by molar-refractivity contribution is -0.121. The van der Waals surface area contributed by atoms with Crippen LogP contribution in [-0.4, -0.2) is 76.6 Å². The summed E-state index contributed by atoms with van der Waals surface area (Å²) in [5.41, 5.74) is 2.74. The number of nitrogens with zero attached hydrogens (tertiary/aromatic N) is 2. The summed E-state index contributed by atoms with van der Waals surface area (Å²) in [6, 6.07) is 9.96. The van der Waals surface area contributed by atoms with E-state index in [1.807, 2.05) is 19.1 Å². The van der Waals surface area contributed by atoms with Crippen molar-refractivity contribution in [3.05, 3.63) is 47.5 Å². The first kappa shape index (κ1) is 24.5. The van der Waals surface area contributed by atoms with Gasteiger partial charge in [-0.05, 0) is 54.8 Å². The molecule has 0 spiro atoms. The minimum Gasteiger partial charge on any atom is -0.493 e. The number of ether oxygens (including phenoxy) is 3. The third-order valence-electron chi connectivity index (χ3n) is 6.38. The number of anilines is 1. The number of fused-ring (bicyclic) bond motifs is 1. The minimum atomic E-state index is -3.64. The zero-order valence-corrected chi connectivity index (χ0v) is 20.6. The summed E-state index contributed by atoms with van der Waals surface area (Å²) in [6.45, 7) is 4.59. The van der Waals surface area contributed by atoms with E-state index in [1.165, 1.54) is 15.9 Å². The molecule has 184 valence electrons. The van der Waals surface area contributed by atoms with E-state index < -0.39 is 16.1 Å². The Bertz CT molecular complexity index is 1150. The van der Waals surface area contributed by atoms with Crippen LogP contribution in [0.1, 0.15) is 18.1 Å². The molecule has 34 heavy (non-hydrogen) atoms. The molecule has 0 radical (unpaired) electrons. The van der Waals surface area contributed by atoms with Crippen molar-refractivity contribution < 1.29 is 27.4 Å². The molecular formula is C24H31N3O6S. The maximum atomic E-state index is 13.0. The first-order valence-electron chi connectivity index (χ1n) is 11.3. The van der Waals surface area contributed by atoms with Crippen LogP contribution in [-0.2, 0) is 32.5 Å². The average Bonchev–Trinajstić information content (AvgIpc) is 2.87. The summed E-state index contributed by atoms with van der Waals surface area (Å²) in [5, 5.41) is 2.89. The van der Waals surface area contributed by atoms with Crippen molar-refractivity contribution in [3.63, 3.8) is 0 Å². The van der Waals surface area contributed by atoms with Crippen molar-refractivity contribution in [2.75, 3.05) is 52.4 Å². The topological polar surface area (TPSA) is 97.4 Å². The zero-order chi connectivity index (χ0) is 24.3. The lowest BCUT2D eigenvalue weighted by atomic mass is 9.97. The Morgan fingerprint density at radius 1 is 1.03 bits per heavy atom. The summed E-state index contributed by atoms with van der Waals surface area (Å²) in [4.78, 5) is 15.3. The van der Waals surface area contributed by atoms with Gasteiger partial charge in [-0.3, -0.25) is 9.69 Å². The van der Waals surface area contributed by atoms with Gasteiger partial charge >= 0.3 is 0 Å². The van der Waals surface area contributed by atoms with Gasteiger partial charge in [-0.1, -0.05) is 6.07 Å². The Hall–Kier alpha value is -2.66. The van der Waals surface area contributed by atoms with Gasteiger partial charge in [0, 0.05) is 31.9 Å². The summed E-state index contributed by atoms with van der Waals surface area (Å²) in [5.74, 6) is 1.18. The van der Waals surface area contributed by atoms with E-state index in [1.54, 1.807) is 32.4 Å². The molecule has 0 aliphatic carbocycles. The van der Waals surface area contributed by atoms with Gasteiger partial charge in [0.1, 0.15) is 0 Å². The highest BCUT2D eigenvalue weighted by Gasteiger charge is 2.28. The van der Waals surface area contributed by atoms with E-state index in [4.69, 9.17) is 14.2 Å². The molecule has 1 saturated heterocycles. The average molecular weight is 490 g/mol. The quantitative estimate of drug-likeness (QED) is 0.636. The molecule has 0 bridgehead atoms. The van der Waals surface area contributed by atoms with Gasteiger partial charge in [0.2, 0.25) is 15.9 Å². The van der Waals surface area contributed by atoms with Crippen molar-refractivity contribution in [2.24, 2.45) is 0 Å². The first-order chi connectivity index (χ1) is 16.3. The fourth-order valence-electron chi connectivity index (χ4n) is 4.32. The second-order valence-corrected chi connectivity index (χ2v) is 10.3. The molecule has 4 rings (SSSR count). The Balaban J connectivity index is 1.45. The predicted octanol–water partition coefficient (Wildman–Crippen LogP) is 2.11. The highest BCUT2D eigenvalue weighted by Crippen LogP contribution is 2.33. The molecule has 2 aromatic rings. The molecule has 2 aliphatic rings. The molecule has 1 fully saturated rings. The van der Waals surface area contributed by atoms with E-state index in [9.17, 15) is 13.2 Å². The fourth-order valence-corrected chi connectivity index (χ4v) is 5.77. The van der Waals surface area contributed by atoms with Crippen LogP contribution in [0.4, 0.5) is 5.69 Å². The third kappa shape index (κ3) is 5.05. The summed E-state index contributed by atoms with van der Waals surface area (Å²) < 4.78 is 43.4. The Morgan fingerprint density at radius 2 is 1.71 bits per heavy atom. The number of hydrogen-bond acceptors (Lipinski definition) is 7. The number of hydrogen-bond donors (Lipinski definition) is 1. The van der Waals surface area contributed by atoms with Crippen LogP contribution in [0.5, 0.6) is 11.5 Å².